The zero-order chi connectivity index (χ0) is 13.4. The van der Waals surface area contributed by atoms with Gasteiger partial charge in [-0.1, -0.05) is 6.08 Å². The third kappa shape index (κ3) is 5.18. The third-order valence-corrected chi connectivity index (χ3v) is 2.77. The van der Waals surface area contributed by atoms with Gasteiger partial charge in [0.1, 0.15) is 0 Å². The Morgan fingerprint density at radius 2 is 2.28 bits per heavy atom. The van der Waals surface area contributed by atoms with Gasteiger partial charge >= 0.3 is 12.0 Å². The maximum absolute atomic E-state index is 11.6. The second-order valence-electron chi connectivity index (χ2n) is 4.22. The van der Waals surface area contributed by atoms with Crippen molar-refractivity contribution in [1.29, 1.82) is 0 Å². The van der Waals surface area contributed by atoms with Gasteiger partial charge in [0.15, 0.2) is 0 Å². The van der Waals surface area contributed by atoms with Crippen LogP contribution >= 0.6 is 0 Å². The van der Waals surface area contributed by atoms with E-state index < -0.39 is 5.97 Å². The molecule has 18 heavy (non-hydrogen) atoms. The van der Waals surface area contributed by atoms with Crippen molar-refractivity contribution in [3.8, 4) is 0 Å². The van der Waals surface area contributed by atoms with Gasteiger partial charge in [0.2, 0.25) is 0 Å². The van der Waals surface area contributed by atoms with Crippen LogP contribution in [-0.2, 0) is 9.53 Å². The highest BCUT2D eigenvalue weighted by molar-refractivity contribution is 5.74. The Kier molecular flexibility index (Phi) is 6.21. The molecule has 0 unspecified atom stereocenters. The van der Waals surface area contributed by atoms with Gasteiger partial charge in [-0.3, -0.25) is 4.79 Å². The Morgan fingerprint density at radius 3 is 2.94 bits per heavy atom. The molecule has 2 amide bonds. The van der Waals surface area contributed by atoms with Gasteiger partial charge in [-0.05, 0) is 19.3 Å². The highest BCUT2D eigenvalue weighted by Crippen LogP contribution is 2.14. The molecule has 0 bridgehead atoms. The second kappa shape index (κ2) is 7.71. The van der Waals surface area contributed by atoms with Crippen molar-refractivity contribution >= 4 is 12.0 Å². The summed E-state index contributed by atoms with van der Waals surface area (Å²) in [7, 11) is 0. The van der Waals surface area contributed by atoms with Crippen LogP contribution in [-0.4, -0.2) is 42.4 Å². The molecule has 1 aliphatic rings. The molecule has 102 valence electrons. The molecule has 6 heteroatoms. The predicted octanol–water partition coefficient (Wildman–Crippen LogP) is 0.884. The van der Waals surface area contributed by atoms with Crippen LogP contribution in [0.2, 0.25) is 0 Å². The average molecular weight is 256 g/mol. The standard InChI is InChI=1S/C12H20N2O4/c1-2-10-9(5-4-8-18-10)14-12(17)13-7-3-6-11(15)16/h2,9-10H,1,3-8H2,(H,15,16)(H2,13,14,17)/t9-,10+/m1/s1. The number of carbonyl (C=O) groups is 2. The van der Waals surface area contributed by atoms with E-state index in [0.717, 1.165) is 12.8 Å². The summed E-state index contributed by atoms with van der Waals surface area (Å²) in [5.41, 5.74) is 0. The van der Waals surface area contributed by atoms with Gasteiger partial charge in [-0.25, -0.2) is 4.79 Å². The van der Waals surface area contributed by atoms with Crippen LogP contribution in [0.15, 0.2) is 12.7 Å². The van der Waals surface area contributed by atoms with E-state index in [9.17, 15) is 9.59 Å². The second-order valence-corrected chi connectivity index (χ2v) is 4.22. The van der Waals surface area contributed by atoms with Crippen LogP contribution < -0.4 is 10.6 Å². The summed E-state index contributed by atoms with van der Waals surface area (Å²) >= 11 is 0. The SMILES string of the molecule is C=C[C@@H]1OCCC[C@H]1NC(=O)NCCCC(=O)O. The van der Waals surface area contributed by atoms with Crippen molar-refractivity contribution in [2.45, 2.75) is 37.8 Å². The van der Waals surface area contributed by atoms with Crippen LogP contribution in [0.25, 0.3) is 0 Å². The zero-order valence-electron chi connectivity index (χ0n) is 10.4. The molecule has 1 rings (SSSR count). The number of nitrogens with one attached hydrogen (secondary N) is 2. The number of urea groups is 1. The minimum atomic E-state index is -0.857. The summed E-state index contributed by atoms with van der Waals surface area (Å²) < 4.78 is 5.46. The molecule has 6 nitrogen and oxygen atoms in total. The van der Waals surface area contributed by atoms with Crippen LogP contribution in [0.3, 0.4) is 0 Å². The Balaban J connectivity index is 2.21. The van der Waals surface area contributed by atoms with Crippen molar-refractivity contribution in [1.82, 2.24) is 10.6 Å². The number of carbonyl (C=O) groups excluding carboxylic acids is 1. The molecule has 2 atom stereocenters. The van der Waals surface area contributed by atoms with Crippen LogP contribution in [0, 0.1) is 0 Å². The normalized spacial score (nSPS) is 23.1. The molecule has 0 aromatic heterocycles. The van der Waals surface area contributed by atoms with Crippen molar-refractivity contribution in [2.75, 3.05) is 13.2 Å². The van der Waals surface area contributed by atoms with Crippen LogP contribution in [0.5, 0.6) is 0 Å². The van der Waals surface area contributed by atoms with Crippen molar-refractivity contribution in [3.05, 3.63) is 12.7 Å². The van der Waals surface area contributed by atoms with Crippen molar-refractivity contribution in [2.24, 2.45) is 0 Å². The Bertz CT molecular complexity index is 306. The topological polar surface area (TPSA) is 87.7 Å². The summed E-state index contributed by atoms with van der Waals surface area (Å²) in [5, 5.41) is 13.9. The smallest absolute Gasteiger partial charge is 0.315 e. The first-order valence-corrected chi connectivity index (χ1v) is 6.14. The molecule has 0 aromatic rings. The number of ether oxygens (including phenoxy) is 1. The third-order valence-electron chi connectivity index (χ3n) is 2.77. The number of hydrogen-bond donors (Lipinski definition) is 3. The van der Waals surface area contributed by atoms with Crippen LogP contribution in [0.4, 0.5) is 4.79 Å². The van der Waals surface area contributed by atoms with Crippen molar-refractivity contribution < 1.29 is 19.4 Å². The van der Waals surface area contributed by atoms with Gasteiger partial charge in [0.25, 0.3) is 0 Å². The van der Waals surface area contributed by atoms with E-state index in [4.69, 9.17) is 9.84 Å². The molecular weight excluding hydrogens is 236 g/mol. The van der Waals surface area contributed by atoms with Gasteiger partial charge in [0, 0.05) is 19.6 Å². The molecular formula is C12H20N2O4. The largest absolute Gasteiger partial charge is 0.481 e. The lowest BCUT2D eigenvalue weighted by atomic mass is 10.0. The Labute approximate surface area is 106 Å². The fourth-order valence-corrected chi connectivity index (χ4v) is 1.85. The monoisotopic (exact) mass is 256 g/mol. The highest BCUT2D eigenvalue weighted by Gasteiger charge is 2.24. The fraction of sp³-hybridized carbons (Fsp3) is 0.667. The summed E-state index contributed by atoms with van der Waals surface area (Å²) in [6, 6.07) is -0.349. The summed E-state index contributed by atoms with van der Waals surface area (Å²) in [6.07, 6.45) is 3.79. The van der Waals surface area contributed by atoms with E-state index in [2.05, 4.69) is 17.2 Å². The van der Waals surface area contributed by atoms with E-state index in [1.165, 1.54) is 0 Å². The maximum Gasteiger partial charge on any atom is 0.315 e. The number of hydrogen-bond acceptors (Lipinski definition) is 3. The summed E-state index contributed by atoms with van der Waals surface area (Å²) in [5.74, 6) is -0.857. The fourth-order valence-electron chi connectivity index (χ4n) is 1.85. The zero-order valence-corrected chi connectivity index (χ0v) is 10.4. The average Bonchev–Trinajstić information content (AvgIpc) is 2.35. The molecule has 1 fully saturated rings. The lowest BCUT2D eigenvalue weighted by molar-refractivity contribution is -0.137. The van der Waals surface area contributed by atoms with Gasteiger partial charge in [-0.2, -0.15) is 0 Å². The molecule has 3 N–H and O–H groups in total. The number of carboxylic acid groups (broad SMARTS) is 1. The number of carboxylic acids is 1. The van der Waals surface area contributed by atoms with Crippen LogP contribution in [0.1, 0.15) is 25.7 Å². The minimum Gasteiger partial charge on any atom is -0.481 e. The molecule has 0 spiro atoms. The highest BCUT2D eigenvalue weighted by atomic mass is 16.5. The number of aliphatic carboxylic acids is 1. The summed E-state index contributed by atoms with van der Waals surface area (Å²) in [6.45, 7) is 4.72. The quantitative estimate of drug-likeness (QED) is 0.486. The first kappa shape index (κ1) is 14.5. The molecule has 1 heterocycles. The molecule has 0 aromatic carbocycles. The maximum atomic E-state index is 11.6. The van der Waals surface area contributed by atoms with E-state index >= 15 is 0 Å². The number of rotatable bonds is 6. The Morgan fingerprint density at radius 1 is 1.50 bits per heavy atom. The summed E-state index contributed by atoms with van der Waals surface area (Å²) in [4.78, 5) is 21.8. The van der Waals surface area contributed by atoms with E-state index in [1.807, 2.05) is 0 Å². The first-order chi connectivity index (χ1) is 8.63. The van der Waals surface area contributed by atoms with E-state index in [-0.39, 0.29) is 24.6 Å². The lowest BCUT2D eigenvalue weighted by Gasteiger charge is -2.30. The van der Waals surface area contributed by atoms with Gasteiger partial charge in [0.05, 0.1) is 12.1 Å². The van der Waals surface area contributed by atoms with Gasteiger partial charge in [-0.15, -0.1) is 6.58 Å². The Hall–Kier alpha value is -1.56. The predicted molar refractivity (Wildman–Crippen MR) is 66.4 cm³/mol. The first-order valence-electron chi connectivity index (χ1n) is 6.14. The number of amides is 2. The van der Waals surface area contributed by atoms with Crippen molar-refractivity contribution in [3.63, 3.8) is 0 Å². The minimum absolute atomic E-state index is 0.0576. The van der Waals surface area contributed by atoms with E-state index in [0.29, 0.717) is 19.6 Å². The molecule has 0 saturated carbocycles. The molecule has 0 radical (unpaired) electrons. The van der Waals surface area contributed by atoms with E-state index in [1.54, 1.807) is 6.08 Å². The molecule has 1 saturated heterocycles. The van der Waals surface area contributed by atoms with Gasteiger partial charge < -0.3 is 20.5 Å². The molecule has 1 aliphatic heterocycles. The molecule has 0 aliphatic carbocycles. The lowest BCUT2D eigenvalue weighted by Crippen LogP contribution is -2.49.